The molecule has 1 N–H and O–H groups in total. The van der Waals surface area contributed by atoms with Crippen LogP contribution in [-0.4, -0.2) is 54.8 Å². The quantitative estimate of drug-likeness (QED) is 0.923. The molecule has 2 aliphatic heterocycles. The second-order valence-electron chi connectivity index (χ2n) is 6.70. The monoisotopic (exact) mass is 332 g/mol. The van der Waals surface area contributed by atoms with Gasteiger partial charge in [-0.15, -0.1) is 0 Å². The van der Waals surface area contributed by atoms with E-state index < -0.39 is 0 Å². The summed E-state index contributed by atoms with van der Waals surface area (Å²) in [5, 5.41) is 2.99. The number of carbonyl (C=O) groups is 1. The molecule has 0 radical (unpaired) electrons. The molecule has 2 aliphatic rings. The second-order valence-corrected chi connectivity index (χ2v) is 6.70. The Kier molecular flexibility index (Phi) is 5.91. The molecule has 3 heterocycles. The van der Waals surface area contributed by atoms with Crippen LogP contribution in [0.4, 0.5) is 10.6 Å². The van der Waals surface area contributed by atoms with Crippen molar-refractivity contribution in [3.8, 4) is 0 Å². The normalized spacial score (nSPS) is 22.1. The standard InChI is InChI=1S/C18H28N4O2/c1-15-14-24-11-10-22(15)18(23)20-13-16-6-7-17(19-12-16)21-8-4-2-3-5-9-21/h6-7,12,15H,2-5,8-11,13-14H2,1H3,(H,20,23). The van der Waals surface area contributed by atoms with E-state index in [0.717, 1.165) is 24.5 Å². The van der Waals surface area contributed by atoms with E-state index in [1.54, 1.807) is 0 Å². The number of carbonyl (C=O) groups excluding carboxylic acids is 1. The number of rotatable bonds is 3. The highest BCUT2D eigenvalue weighted by molar-refractivity contribution is 5.74. The van der Waals surface area contributed by atoms with Gasteiger partial charge in [0.15, 0.2) is 0 Å². The highest BCUT2D eigenvalue weighted by Gasteiger charge is 2.23. The van der Waals surface area contributed by atoms with Gasteiger partial charge in [0.25, 0.3) is 0 Å². The summed E-state index contributed by atoms with van der Waals surface area (Å²) in [5.41, 5.74) is 1.03. The smallest absolute Gasteiger partial charge is 0.318 e. The minimum absolute atomic E-state index is 0.0256. The predicted molar refractivity (Wildman–Crippen MR) is 94.1 cm³/mol. The van der Waals surface area contributed by atoms with Gasteiger partial charge in [0.05, 0.1) is 19.3 Å². The maximum Gasteiger partial charge on any atom is 0.318 e. The first-order chi connectivity index (χ1) is 11.7. The average Bonchev–Trinajstić information content (AvgIpc) is 2.90. The Morgan fingerprint density at radius 2 is 2.04 bits per heavy atom. The van der Waals surface area contributed by atoms with Crippen molar-refractivity contribution in [3.63, 3.8) is 0 Å². The van der Waals surface area contributed by atoms with E-state index >= 15 is 0 Å². The Balaban J connectivity index is 1.51. The van der Waals surface area contributed by atoms with E-state index in [-0.39, 0.29) is 12.1 Å². The fourth-order valence-corrected chi connectivity index (χ4v) is 3.32. The Hall–Kier alpha value is -1.82. The van der Waals surface area contributed by atoms with Crippen molar-refractivity contribution in [3.05, 3.63) is 23.9 Å². The van der Waals surface area contributed by atoms with Crippen molar-refractivity contribution in [2.24, 2.45) is 0 Å². The van der Waals surface area contributed by atoms with E-state index in [1.807, 2.05) is 18.0 Å². The highest BCUT2D eigenvalue weighted by atomic mass is 16.5. The highest BCUT2D eigenvalue weighted by Crippen LogP contribution is 2.17. The molecule has 1 unspecified atom stereocenters. The first kappa shape index (κ1) is 17.0. The lowest BCUT2D eigenvalue weighted by Crippen LogP contribution is -2.51. The molecule has 0 bridgehead atoms. The summed E-state index contributed by atoms with van der Waals surface area (Å²) in [7, 11) is 0. The van der Waals surface area contributed by atoms with Crippen molar-refractivity contribution >= 4 is 11.8 Å². The SMILES string of the molecule is CC1COCCN1C(=O)NCc1ccc(N2CCCCCC2)nc1. The fourth-order valence-electron chi connectivity index (χ4n) is 3.32. The molecule has 6 nitrogen and oxygen atoms in total. The summed E-state index contributed by atoms with van der Waals surface area (Å²) in [6.45, 7) is 6.59. The molecule has 0 spiro atoms. The van der Waals surface area contributed by atoms with E-state index in [0.29, 0.717) is 26.3 Å². The fraction of sp³-hybridized carbons (Fsp3) is 0.667. The molecule has 2 saturated heterocycles. The summed E-state index contributed by atoms with van der Waals surface area (Å²) < 4.78 is 5.37. The number of anilines is 1. The number of nitrogens with zero attached hydrogens (tertiary/aromatic N) is 3. The van der Waals surface area contributed by atoms with Crippen LogP contribution in [0.2, 0.25) is 0 Å². The number of ether oxygens (including phenoxy) is 1. The van der Waals surface area contributed by atoms with Crippen molar-refractivity contribution in [2.45, 2.75) is 45.2 Å². The third kappa shape index (κ3) is 4.38. The Morgan fingerprint density at radius 3 is 2.71 bits per heavy atom. The van der Waals surface area contributed by atoms with Crippen LogP contribution in [-0.2, 0) is 11.3 Å². The summed E-state index contributed by atoms with van der Waals surface area (Å²) in [5.74, 6) is 1.05. The summed E-state index contributed by atoms with van der Waals surface area (Å²) in [4.78, 5) is 21.1. The van der Waals surface area contributed by atoms with Gasteiger partial charge in [-0.2, -0.15) is 0 Å². The van der Waals surface area contributed by atoms with Crippen molar-refractivity contribution in [2.75, 3.05) is 37.7 Å². The number of nitrogens with one attached hydrogen (secondary N) is 1. The number of pyridine rings is 1. The molecule has 24 heavy (non-hydrogen) atoms. The number of hydrogen-bond donors (Lipinski definition) is 1. The molecule has 132 valence electrons. The lowest BCUT2D eigenvalue weighted by molar-refractivity contribution is 0.0190. The van der Waals surface area contributed by atoms with Crippen molar-refractivity contribution in [1.82, 2.24) is 15.2 Å². The van der Waals surface area contributed by atoms with Gasteiger partial charge in [0, 0.05) is 32.4 Å². The van der Waals surface area contributed by atoms with Crippen LogP contribution in [0.25, 0.3) is 0 Å². The van der Waals surface area contributed by atoms with Gasteiger partial charge in [-0.3, -0.25) is 0 Å². The largest absolute Gasteiger partial charge is 0.377 e. The molecule has 1 aromatic rings. The molecule has 3 rings (SSSR count). The van der Waals surface area contributed by atoms with Gasteiger partial charge in [-0.1, -0.05) is 18.9 Å². The number of amides is 2. The Bertz CT molecular complexity index is 526. The topological polar surface area (TPSA) is 57.7 Å². The van der Waals surface area contributed by atoms with Crippen LogP contribution >= 0.6 is 0 Å². The van der Waals surface area contributed by atoms with Gasteiger partial charge in [0.1, 0.15) is 5.82 Å². The van der Waals surface area contributed by atoms with Gasteiger partial charge < -0.3 is 19.9 Å². The lowest BCUT2D eigenvalue weighted by atomic mass is 10.2. The maximum absolute atomic E-state index is 12.3. The second kappa shape index (κ2) is 8.33. The molecule has 0 aliphatic carbocycles. The Labute approximate surface area is 144 Å². The lowest BCUT2D eigenvalue weighted by Gasteiger charge is -2.33. The van der Waals surface area contributed by atoms with Gasteiger partial charge in [0.2, 0.25) is 0 Å². The van der Waals surface area contributed by atoms with Gasteiger partial charge >= 0.3 is 6.03 Å². The van der Waals surface area contributed by atoms with Crippen LogP contribution in [0.5, 0.6) is 0 Å². The van der Waals surface area contributed by atoms with Crippen LogP contribution in [0.3, 0.4) is 0 Å². The average molecular weight is 332 g/mol. The molecule has 2 fully saturated rings. The third-order valence-corrected chi connectivity index (χ3v) is 4.81. The number of hydrogen-bond acceptors (Lipinski definition) is 4. The third-order valence-electron chi connectivity index (χ3n) is 4.81. The summed E-state index contributed by atoms with van der Waals surface area (Å²) in [6.07, 6.45) is 7.01. The zero-order chi connectivity index (χ0) is 16.8. The maximum atomic E-state index is 12.3. The molecule has 6 heteroatoms. The van der Waals surface area contributed by atoms with E-state index in [1.165, 1.54) is 25.7 Å². The first-order valence-electron chi connectivity index (χ1n) is 9.06. The van der Waals surface area contributed by atoms with Crippen LogP contribution in [0.1, 0.15) is 38.2 Å². The molecular weight excluding hydrogens is 304 g/mol. The summed E-state index contributed by atoms with van der Waals surface area (Å²) >= 11 is 0. The first-order valence-corrected chi connectivity index (χ1v) is 9.06. The zero-order valence-corrected chi connectivity index (χ0v) is 14.5. The Morgan fingerprint density at radius 1 is 1.25 bits per heavy atom. The van der Waals surface area contributed by atoms with Crippen LogP contribution < -0.4 is 10.2 Å². The molecule has 1 atom stereocenters. The molecular formula is C18H28N4O2. The van der Waals surface area contributed by atoms with Gasteiger partial charge in [-0.05, 0) is 31.4 Å². The molecule has 2 amide bonds. The molecule has 0 saturated carbocycles. The van der Waals surface area contributed by atoms with E-state index in [9.17, 15) is 4.79 Å². The van der Waals surface area contributed by atoms with Crippen LogP contribution in [0.15, 0.2) is 18.3 Å². The zero-order valence-electron chi connectivity index (χ0n) is 14.5. The van der Waals surface area contributed by atoms with Gasteiger partial charge in [-0.25, -0.2) is 9.78 Å². The van der Waals surface area contributed by atoms with Crippen molar-refractivity contribution < 1.29 is 9.53 Å². The predicted octanol–water partition coefficient (Wildman–Crippen LogP) is 2.39. The minimum atomic E-state index is -0.0256. The summed E-state index contributed by atoms with van der Waals surface area (Å²) in [6, 6.07) is 4.24. The molecule has 0 aromatic carbocycles. The number of urea groups is 1. The van der Waals surface area contributed by atoms with Crippen LogP contribution in [0, 0.1) is 0 Å². The number of aromatic nitrogens is 1. The number of morpholine rings is 1. The molecule has 1 aromatic heterocycles. The van der Waals surface area contributed by atoms with Crippen molar-refractivity contribution in [1.29, 1.82) is 0 Å². The minimum Gasteiger partial charge on any atom is -0.377 e. The van der Waals surface area contributed by atoms with E-state index in [4.69, 9.17) is 4.74 Å². The van der Waals surface area contributed by atoms with E-state index in [2.05, 4.69) is 27.3 Å².